The van der Waals surface area contributed by atoms with Crippen molar-refractivity contribution >= 4 is 5.78 Å². The van der Waals surface area contributed by atoms with E-state index in [4.69, 9.17) is 4.74 Å². The molecule has 5 heteroatoms. The van der Waals surface area contributed by atoms with E-state index in [2.05, 4.69) is 13.8 Å². The first-order valence-electron chi connectivity index (χ1n) is 6.96. The first-order chi connectivity index (χ1) is 9.72. The van der Waals surface area contributed by atoms with Crippen LogP contribution in [0.3, 0.4) is 0 Å². The molecule has 2 rings (SSSR count). The lowest BCUT2D eigenvalue weighted by Crippen LogP contribution is -2.46. The van der Waals surface area contributed by atoms with Crippen LogP contribution in [0.5, 0.6) is 0 Å². The molecule has 0 aromatic heterocycles. The van der Waals surface area contributed by atoms with Gasteiger partial charge in [-0.05, 0) is 43.2 Å². The Balaban J connectivity index is 2.36. The Kier molecular flexibility index (Phi) is 4.15. The lowest BCUT2D eigenvalue weighted by atomic mass is 9.68. The molecular weight excluding hydrogens is 281 g/mol. The molecule has 1 fully saturated rings. The highest BCUT2D eigenvalue weighted by atomic mass is 19.2. The number of ether oxygens (including phenoxy) is 1. The van der Waals surface area contributed by atoms with Crippen LogP contribution in [0.4, 0.5) is 13.2 Å². The van der Waals surface area contributed by atoms with E-state index >= 15 is 0 Å². The Bertz CT molecular complexity index is 557. The Labute approximate surface area is 122 Å². The van der Waals surface area contributed by atoms with Gasteiger partial charge in [0.05, 0.1) is 5.56 Å². The van der Waals surface area contributed by atoms with Gasteiger partial charge in [0.1, 0.15) is 5.60 Å². The van der Waals surface area contributed by atoms with E-state index in [9.17, 15) is 18.0 Å². The fourth-order valence-corrected chi connectivity index (χ4v) is 2.80. The second kappa shape index (κ2) is 5.44. The van der Waals surface area contributed by atoms with E-state index in [-0.39, 0.29) is 5.41 Å². The minimum absolute atomic E-state index is 0.0922. The molecule has 116 valence electrons. The molecule has 0 radical (unpaired) electrons. The average molecular weight is 300 g/mol. The molecule has 0 N–H and O–H groups in total. The van der Waals surface area contributed by atoms with Crippen LogP contribution >= 0.6 is 0 Å². The topological polar surface area (TPSA) is 26.3 Å². The molecular formula is C16H19F3O2. The van der Waals surface area contributed by atoms with Crippen molar-refractivity contribution in [3.05, 3.63) is 35.1 Å². The molecule has 1 aliphatic rings. The van der Waals surface area contributed by atoms with E-state index in [0.29, 0.717) is 12.8 Å². The minimum atomic E-state index is -1.62. The van der Waals surface area contributed by atoms with Crippen LogP contribution in [0, 0.1) is 22.9 Å². The number of halogens is 3. The third-order valence-electron chi connectivity index (χ3n) is 4.50. The molecule has 1 aliphatic carbocycles. The number of ketones is 1. The number of methoxy groups -OCH3 is 1. The number of hydrogen-bond acceptors (Lipinski definition) is 2. The fraction of sp³-hybridized carbons (Fsp3) is 0.562. The summed E-state index contributed by atoms with van der Waals surface area (Å²) in [5.74, 6) is -4.98. The molecule has 1 saturated carbocycles. The molecule has 1 aromatic carbocycles. The number of Topliss-reactive ketones (excluding diaryl/α,β-unsaturated/α-hetero) is 1. The normalized spacial score (nSPS) is 20.3. The highest BCUT2D eigenvalue weighted by molar-refractivity contribution is 6.02. The summed E-state index contributed by atoms with van der Waals surface area (Å²) in [4.78, 5) is 12.6. The van der Waals surface area contributed by atoms with Gasteiger partial charge in [0, 0.05) is 7.11 Å². The van der Waals surface area contributed by atoms with Gasteiger partial charge in [-0.1, -0.05) is 13.8 Å². The Morgan fingerprint density at radius 2 is 1.62 bits per heavy atom. The summed E-state index contributed by atoms with van der Waals surface area (Å²) in [5, 5.41) is 0. The van der Waals surface area contributed by atoms with Crippen LogP contribution in [-0.2, 0) is 4.74 Å². The quantitative estimate of drug-likeness (QED) is 0.615. The number of carbonyl (C=O) groups excluding carboxylic acids is 1. The molecule has 0 amide bonds. The first kappa shape index (κ1) is 16.0. The van der Waals surface area contributed by atoms with Crippen molar-refractivity contribution in [3.63, 3.8) is 0 Å². The summed E-state index contributed by atoms with van der Waals surface area (Å²) in [5.41, 5.74) is -1.51. The number of hydrogen-bond donors (Lipinski definition) is 0. The molecule has 0 unspecified atom stereocenters. The van der Waals surface area contributed by atoms with Gasteiger partial charge in [0.15, 0.2) is 23.2 Å². The van der Waals surface area contributed by atoms with E-state index in [1.54, 1.807) is 0 Å². The maximum atomic E-state index is 13.8. The summed E-state index contributed by atoms with van der Waals surface area (Å²) in [6, 6.07) is 1.75. The van der Waals surface area contributed by atoms with E-state index < -0.39 is 34.4 Å². The van der Waals surface area contributed by atoms with Gasteiger partial charge < -0.3 is 4.74 Å². The van der Waals surface area contributed by atoms with Gasteiger partial charge in [0.25, 0.3) is 0 Å². The molecule has 0 atom stereocenters. The Hall–Kier alpha value is -1.36. The van der Waals surface area contributed by atoms with Crippen LogP contribution < -0.4 is 0 Å². The van der Waals surface area contributed by atoms with Crippen LogP contribution in [-0.4, -0.2) is 18.5 Å². The van der Waals surface area contributed by atoms with E-state index in [0.717, 1.165) is 25.0 Å². The first-order valence-corrected chi connectivity index (χ1v) is 6.96. The smallest absolute Gasteiger partial charge is 0.197 e. The minimum Gasteiger partial charge on any atom is -0.370 e. The molecule has 1 aromatic rings. The maximum Gasteiger partial charge on any atom is 0.197 e. The third-order valence-corrected chi connectivity index (χ3v) is 4.50. The zero-order chi connectivity index (χ0) is 15.8. The molecule has 0 aliphatic heterocycles. The van der Waals surface area contributed by atoms with Crippen LogP contribution in [0.25, 0.3) is 0 Å². The SMILES string of the molecule is COC1(C(=O)c2ccc(F)c(F)c2F)CCC(C)(C)CC1. The molecule has 0 heterocycles. The van der Waals surface area contributed by atoms with Crippen molar-refractivity contribution in [1.29, 1.82) is 0 Å². The van der Waals surface area contributed by atoms with E-state index in [1.807, 2.05) is 0 Å². The van der Waals surface area contributed by atoms with Gasteiger partial charge in [-0.2, -0.15) is 0 Å². The van der Waals surface area contributed by atoms with E-state index in [1.165, 1.54) is 7.11 Å². The van der Waals surface area contributed by atoms with Crippen LogP contribution in [0.1, 0.15) is 49.9 Å². The van der Waals surface area contributed by atoms with Gasteiger partial charge in [-0.15, -0.1) is 0 Å². The second-order valence-corrected chi connectivity index (χ2v) is 6.41. The molecule has 0 saturated heterocycles. The summed E-state index contributed by atoms with van der Waals surface area (Å²) < 4.78 is 45.5. The van der Waals surface area contributed by atoms with Gasteiger partial charge in [-0.3, -0.25) is 4.79 Å². The highest BCUT2D eigenvalue weighted by Crippen LogP contribution is 2.43. The van der Waals surface area contributed by atoms with Crippen molar-refractivity contribution in [2.75, 3.05) is 7.11 Å². The third kappa shape index (κ3) is 2.84. The predicted octanol–water partition coefficient (Wildman–Crippen LogP) is 4.27. The Morgan fingerprint density at radius 3 is 2.14 bits per heavy atom. The fourth-order valence-electron chi connectivity index (χ4n) is 2.80. The molecule has 21 heavy (non-hydrogen) atoms. The predicted molar refractivity (Wildman–Crippen MR) is 72.6 cm³/mol. The Morgan fingerprint density at radius 1 is 1.05 bits per heavy atom. The molecule has 0 spiro atoms. The highest BCUT2D eigenvalue weighted by Gasteiger charge is 2.45. The standard InChI is InChI=1S/C16H19F3O2/c1-15(2)6-8-16(21-3,9-7-15)14(20)10-4-5-11(17)13(19)12(10)18/h4-5H,6-9H2,1-3H3. The number of rotatable bonds is 3. The molecule has 0 bridgehead atoms. The summed E-state index contributed by atoms with van der Waals surface area (Å²) >= 11 is 0. The summed E-state index contributed by atoms with van der Waals surface area (Å²) in [7, 11) is 1.40. The van der Waals surface area contributed by atoms with Crippen molar-refractivity contribution in [1.82, 2.24) is 0 Å². The second-order valence-electron chi connectivity index (χ2n) is 6.41. The van der Waals surface area contributed by atoms with Gasteiger partial charge >= 0.3 is 0 Å². The number of carbonyl (C=O) groups is 1. The average Bonchev–Trinajstić information content (AvgIpc) is 2.45. The van der Waals surface area contributed by atoms with Gasteiger partial charge in [-0.25, -0.2) is 13.2 Å². The van der Waals surface area contributed by atoms with Crippen molar-refractivity contribution in [2.24, 2.45) is 5.41 Å². The lowest BCUT2D eigenvalue weighted by molar-refractivity contribution is -0.0385. The largest absolute Gasteiger partial charge is 0.370 e. The molecule has 2 nitrogen and oxygen atoms in total. The van der Waals surface area contributed by atoms with Crippen molar-refractivity contribution < 1.29 is 22.7 Å². The van der Waals surface area contributed by atoms with Gasteiger partial charge in [0.2, 0.25) is 0 Å². The van der Waals surface area contributed by atoms with Crippen LogP contribution in [0.15, 0.2) is 12.1 Å². The lowest BCUT2D eigenvalue weighted by Gasteiger charge is -2.41. The van der Waals surface area contributed by atoms with Crippen LogP contribution in [0.2, 0.25) is 0 Å². The zero-order valence-corrected chi connectivity index (χ0v) is 12.4. The van der Waals surface area contributed by atoms with Crippen molar-refractivity contribution in [3.8, 4) is 0 Å². The summed E-state index contributed by atoms with van der Waals surface area (Å²) in [6.45, 7) is 4.18. The monoisotopic (exact) mass is 300 g/mol. The van der Waals surface area contributed by atoms with Crippen molar-refractivity contribution in [2.45, 2.75) is 45.1 Å². The summed E-state index contributed by atoms with van der Waals surface area (Å²) in [6.07, 6.45) is 2.37. The number of benzene rings is 1. The zero-order valence-electron chi connectivity index (χ0n) is 12.4. The maximum absolute atomic E-state index is 13.8.